The van der Waals surface area contributed by atoms with E-state index in [0.29, 0.717) is 18.8 Å². The minimum Gasteiger partial charge on any atom is -0.459 e. The van der Waals surface area contributed by atoms with Crippen LogP contribution in [-0.4, -0.2) is 42.1 Å². The van der Waals surface area contributed by atoms with Crippen LogP contribution >= 0.6 is 0 Å². The van der Waals surface area contributed by atoms with E-state index in [1.165, 1.54) is 7.11 Å². The third-order valence-electron chi connectivity index (χ3n) is 5.97. The number of aromatic nitrogens is 1. The molecule has 1 aromatic carbocycles. The van der Waals surface area contributed by atoms with E-state index in [2.05, 4.69) is 18.4 Å². The summed E-state index contributed by atoms with van der Waals surface area (Å²) in [7, 11) is 1.50. The average Bonchev–Trinajstić information content (AvgIpc) is 3.11. The summed E-state index contributed by atoms with van der Waals surface area (Å²) in [5.74, 6) is 0.0972. The highest BCUT2D eigenvalue weighted by molar-refractivity contribution is 5.91. The van der Waals surface area contributed by atoms with Gasteiger partial charge in [-0.3, -0.25) is 4.79 Å². The zero-order chi connectivity index (χ0) is 21.0. The van der Waals surface area contributed by atoms with Gasteiger partial charge < -0.3 is 19.1 Å². The van der Waals surface area contributed by atoms with Gasteiger partial charge in [-0.05, 0) is 36.3 Å². The predicted octanol–water partition coefficient (Wildman–Crippen LogP) is 2.88. The minimum atomic E-state index is -0.765. The van der Waals surface area contributed by atoms with E-state index in [-0.39, 0.29) is 6.61 Å². The Morgan fingerprint density at radius 3 is 2.97 bits per heavy atom. The summed E-state index contributed by atoms with van der Waals surface area (Å²) in [6.45, 7) is 7.62. The molecule has 3 aliphatic heterocycles. The van der Waals surface area contributed by atoms with Crippen LogP contribution in [0.1, 0.15) is 23.7 Å². The standard InChI is InChI=1S/C23H20N2O5/c1-4-14-15-7-13(30-11-26)5-6-19(15)24-21-17(14)9-25-12(2)18-10-29-23(27)22(28-3)16(18)8-20(21)25/h5-8,11,22H,2,4,9-10H2,1,3H3. The lowest BCUT2D eigenvalue weighted by Gasteiger charge is -2.34. The third-order valence-corrected chi connectivity index (χ3v) is 5.97. The summed E-state index contributed by atoms with van der Waals surface area (Å²) in [4.78, 5) is 30.0. The summed E-state index contributed by atoms with van der Waals surface area (Å²) in [6.07, 6.45) is 2.01. The molecule has 0 saturated heterocycles. The maximum Gasteiger partial charge on any atom is 0.340 e. The van der Waals surface area contributed by atoms with Gasteiger partial charge in [-0.25, -0.2) is 9.78 Å². The summed E-state index contributed by atoms with van der Waals surface area (Å²) >= 11 is 0. The molecule has 0 spiro atoms. The molecule has 0 bridgehead atoms. The Morgan fingerprint density at radius 2 is 2.23 bits per heavy atom. The molecule has 152 valence electrons. The van der Waals surface area contributed by atoms with E-state index in [1.807, 2.05) is 18.2 Å². The molecule has 0 N–H and O–H groups in total. The molecule has 2 aromatic rings. The molecule has 0 saturated carbocycles. The molecular formula is C23H20N2O5. The van der Waals surface area contributed by atoms with Crippen LogP contribution in [-0.2, 0) is 32.0 Å². The molecule has 1 aromatic heterocycles. The van der Waals surface area contributed by atoms with Gasteiger partial charge in [0.25, 0.3) is 6.47 Å². The van der Waals surface area contributed by atoms with Crippen LogP contribution in [0.4, 0.5) is 0 Å². The number of aryl methyl sites for hydroxylation is 1. The van der Waals surface area contributed by atoms with Crippen molar-refractivity contribution in [2.45, 2.75) is 26.0 Å². The van der Waals surface area contributed by atoms with Crippen LogP contribution in [0.2, 0.25) is 0 Å². The first-order valence-electron chi connectivity index (χ1n) is 9.74. The van der Waals surface area contributed by atoms with Gasteiger partial charge in [0, 0.05) is 34.9 Å². The largest absolute Gasteiger partial charge is 0.459 e. The maximum atomic E-state index is 12.2. The molecule has 4 heterocycles. The van der Waals surface area contributed by atoms with Crippen LogP contribution < -0.4 is 4.74 Å². The molecule has 0 aliphatic carbocycles. The Morgan fingerprint density at radius 1 is 1.40 bits per heavy atom. The number of fused-ring (bicyclic) bond motifs is 4. The number of ether oxygens (including phenoxy) is 3. The Balaban J connectivity index is 1.71. The quantitative estimate of drug-likeness (QED) is 0.573. The second-order valence-corrected chi connectivity index (χ2v) is 7.38. The lowest BCUT2D eigenvalue weighted by Crippen LogP contribution is -2.37. The van der Waals surface area contributed by atoms with Crippen LogP contribution in [0.15, 0.2) is 47.7 Å². The number of esters is 1. The van der Waals surface area contributed by atoms with Crippen molar-refractivity contribution in [3.05, 3.63) is 64.5 Å². The van der Waals surface area contributed by atoms with Gasteiger partial charge in [0.15, 0.2) is 6.10 Å². The highest BCUT2D eigenvalue weighted by Gasteiger charge is 2.40. The smallest absolute Gasteiger partial charge is 0.340 e. The van der Waals surface area contributed by atoms with E-state index >= 15 is 0 Å². The molecule has 1 atom stereocenters. The SMILES string of the molecule is C=C1C2=C(C=C3c4nc5ccc(OC=O)cc5c(CC)c4CN13)C(OC)C(=O)OC2. The van der Waals surface area contributed by atoms with Crippen LogP contribution in [0, 0.1) is 0 Å². The summed E-state index contributed by atoms with van der Waals surface area (Å²) in [5, 5.41) is 0.965. The van der Waals surface area contributed by atoms with Crippen molar-refractivity contribution < 1.29 is 23.8 Å². The Hall–Kier alpha value is -3.45. The fraction of sp³-hybridized carbons (Fsp3) is 0.261. The lowest BCUT2D eigenvalue weighted by molar-refractivity contribution is -0.153. The van der Waals surface area contributed by atoms with Gasteiger partial charge >= 0.3 is 5.97 Å². The molecule has 3 aliphatic rings. The van der Waals surface area contributed by atoms with E-state index in [4.69, 9.17) is 19.2 Å². The van der Waals surface area contributed by atoms with Gasteiger partial charge in [0.2, 0.25) is 0 Å². The van der Waals surface area contributed by atoms with E-state index in [1.54, 1.807) is 6.07 Å². The molecule has 7 nitrogen and oxygen atoms in total. The summed E-state index contributed by atoms with van der Waals surface area (Å²) in [6, 6.07) is 5.44. The molecule has 1 unspecified atom stereocenters. The highest BCUT2D eigenvalue weighted by Crippen LogP contribution is 2.45. The van der Waals surface area contributed by atoms with Crippen LogP contribution in [0.5, 0.6) is 5.75 Å². The number of carbonyl (C=O) groups excluding carboxylic acids is 2. The predicted molar refractivity (Wildman–Crippen MR) is 109 cm³/mol. The molecule has 30 heavy (non-hydrogen) atoms. The van der Waals surface area contributed by atoms with Crippen molar-refractivity contribution in [1.29, 1.82) is 0 Å². The molecule has 0 amide bonds. The van der Waals surface area contributed by atoms with Crippen molar-refractivity contribution >= 4 is 29.0 Å². The fourth-order valence-electron chi connectivity index (χ4n) is 4.55. The van der Waals surface area contributed by atoms with Gasteiger partial charge in [-0.2, -0.15) is 0 Å². The number of nitrogens with zero attached hydrogens (tertiary/aromatic N) is 2. The van der Waals surface area contributed by atoms with Crippen LogP contribution in [0.25, 0.3) is 16.6 Å². The Bertz CT molecular complexity index is 1190. The van der Waals surface area contributed by atoms with Gasteiger partial charge in [-0.15, -0.1) is 0 Å². The summed E-state index contributed by atoms with van der Waals surface area (Å²) in [5.41, 5.74) is 7.34. The monoisotopic (exact) mass is 404 g/mol. The first-order valence-corrected chi connectivity index (χ1v) is 9.74. The molecule has 0 fully saturated rings. The molecule has 7 heteroatoms. The highest BCUT2D eigenvalue weighted by atomic mass is 16.6. The van der Waals surface area contributed by atoms with Crippen molar-refractivity contribution in [2.24, 2.45) is 0 Å². The topological polar surface area (TPSA) is 78.0 Å². The minimum absolute atomic E-state index is 0.186. The number of rotatable bonds is 4. The number of cyclic esters (lactones) is 1. The van der Waals surface area contributed by atoms with E-state index in [9.17, 15) is 9.59 Å². The lowest BCUT2D eigenvalue weighted by atomic mass is 9.93. The van der Waals surface area contributed by atoms with Crippen molar-refractivity contribution in [3.63, 3.8) is 0 Å². The van der Waals surface area contributed by atoms with Gasteiger partial charge in [0.1, 0.15) is 12.4 Å². The van der Waals surface area contributed by atoms with Crippen molar-refractivity contribution in [3.8, 4) is 5.75 Å². The number of benzene rings is 1. The van der Waals surface area contributed by atoms with Gasteiger partial charge in [-0.1, -0.05) is 13.5 Å². The van der Waals surface area contributed by atoms with E-state index < -0.39 is 12.1 Å². The Kier molecular flexibility index (Phi) is 4.22. The van der Waals surface area contributed by atoms with Crippen molar-refractivity contribution in [2.75, 3.05) is 13.7 Å². The first-order chi connectivity index (χ1) is 14.6. The fourth-order valence-corrected chi connectivity index (χ4v) is 4.55. The summed E-state index contributed by atoms with van der Waals surface area (Å²) < 4.78 is 15.7. The maximum absolute atomic E-state index is 12.2. The normalized spacial score (nSPS) is 19.9. The average molecular weight is 404 g/mol. The zero-order valence-corrected chi connectivity index (χ0v) is 16.7. The third kappa shape index (κ3) is 2.52. The second kappa shape index (κ2) is 6.81. The van der Waals surface area contributed by atoms with Crippen molar-refractivity contribution in [1.82, 2.24) is 9.88 Å². The van der Waals surface area contributed by atoms with E-state index in [0.717, 1.165) is 56.7 Å². The zero-order valence-electron chi connectivity index (χ0n) is 16.7. The molecule has 0 radical (unpaired) electrons. The van der Waals surface area contributed by atoms with Crippen LogP contribution in [0.3, 0.4) is 0 Å². The van der Waals surface area contributed by atoms with Gasteiger partial charge in [0.05, 0.1) is 23.5 Å². The molecular weight excluding hydrogens is 384 g/mol. The number of carbonyl (C=O) groups is 2. The number of pyridine rings is 1. The Labute approximate surface area is 173 Å². The second-order valence-electron chi connectivity index (χ2n) is 7.38. The number of hydrogen-bond donors (Lipinski definition) is 0. The number of methoxy groups -OCH3 is 1. The first kappa shape index (κ1) is 18.6. The molecule has 5 rings (SSSR count). The number of hydrogen-bond acceptors (Lipinski definition) is 7.